The largest absolute Gasteiger partial charge is 0.473 e. The predicted molar refractivity (Wildman–Crippen MR) is 159 cm³/mol. The van der Waals surface area contributed by atoms with E-state index in [1.165, 1.54) is 6.07 Å². The summed E-state index contributed by atoms with van der Waals surface area (Å²) in [5.41, 5.74) is 2.57. The van der Waals surface area contributed by atoms with Gasteiger partial charge in [0.2, 0.25) is 11.8 Å². The van der Waals surface area contributed by atoms with E-state index < -0.39 is 11.4 Å². The highest BCUT2D eigenvalue weighted by Gasteiger charge is 2.27. The molecule has 218 valence electrons. The highest BCUT2D eigenvalue weighted by Crippen LogP contribution is 2.33. The Bertz CT molecular complexity index is 1490. The van der Waals surface area contributed by atoms with Crippen LogP contribution >= 0.6 is 0 Å². The minimum atomic E-state index is -0.567. The SMILES string of the molecule is CC(C)(C)OC(=O)N1CCN(c2ncc(-c3ccc(OCc4ccccc4)nc3OCc3ccccc3)cc2F)CC1. The number of halogens is 1. The fraction of sp³-hybridized carbons (Fsp3) is 0.303. The number of piperazine rings is 1. The summed E-state index contributed by atoms with van der Waals surface area (Å²) in [4.78, 5) is 25.0. The van der Waals surface area contributed by atoms with E-state index in [1.54, 1.807) is 17.2 Å². The molecule has 9 heteroatoms. The maximum atomic E-state index is 15.5. The highest BCUT2D eigenvalue weighted by atomic mass is 19.1. The van der Waals surface area contributed by atoms with Crippen molar-refractivity contribution in [3.05, 3.63) is 102 Å². The van der Waals surface area contributed by atoms with Crippen molar-refractivity contribution in [2.45, 2.75) is 39.6 Å². The third-order valence-electron chi connectivity index (χ3n) is 6.65. The highest BCUT2D eigenvalue weighted by molar-refractivity contribution is 5.70. The maximum Gasteiger partial charge on any atom is 0.410 e. The zero-order chi connectivity index (χ0) is 29.5. The zero-order valence-electron chi connectivity index (χ0n) is 24.1. The summed E-state index contributed by atoms with van der Waals surface area (Å²) in [6, 6.07) is 24.6. The molecule has 0 spiro atoms. The second-order valence-electron chi connectivity index (χ2n) is 11.0. The van der Waals surface area contributed by atoms with Crippen LogP contribution in [0.2, 0.25) is 0 Å². The number of benzene rings is 2. The second kappa shape index (κ2) is 12.9. The quantitative estimate of drug-likeness (QED) is 0.239. The van der Waals surface area contributed by atoms with Crippen molar-refractivity contribution in [3.8, 4) is 22.9 Å². The van der Waals surface area contributed by atoms with E-state index in [0.717, 1.165) is 11.1 Å². The molecule has 1 fully saturated rings. The summed E-state index contributed by atoms with van der Waals surface area (Å²) in [6.07, 6.45) is 1.26. The van der Waals surface area contributed by atoms with Gasteiger partial charge in [-0.05, 0) is 44.0 Å². The van der Waals surface area contributed by atoms with E-state index in [-0.39, 0.29) is 11.9 Å². The van der Waals surface area contributed by atoms with Crippen LogP contribution in [0.1, 0.15) is 31.9 Å². The molecule has 3 heterocycles. The van der Waals surface area contributed by atoms with Gasteiger partial charge < -0.3 is 24.0 Å². The number of carbonyl (C=O) groups excluding carboxylic acids is 1. The van der Waals surface area contributed by atoms with Crippen molar-refractivity contribution in [2.75, 3.05) is 31.1 Å². The Morgan fingerprint density at radius 3 is 2.07 bits per heavy atom. The third kappa shape index (κ3) is 7.54. The van der Waals surface area contributed by atoms with Crippen LogP contribution in [0.25, 0.3) is 11.1 Å². The van der Waals surface area contributed by atoms with E-state index in [1.807, 2.05) is 92.4 Å². The van der Waals surface area contributed by atoms with Crippen molar-refractivity contribution >= 4 is 11.9 Å². The lowest BCUT2D eigenvalue weighted by Gasteiger charge is -2.36. The molecule has 1 aliphatic heterocycles. The number of nitrogens with zero attached hydrogens (tertiary/aromatic N) is 4. The lowest BCUT2D eigenvalue weighted by Crippen LogP contribution is -2.50. The Hall–Kier alpha value is -4.66. The van der Waals surface area contributed by atoms with Crippen molar-refractivity contribution in [3.63, 3.8) is 0 Å². The Morgan fingerprint density at radius 1 is 0.857 bits per heavy atom. The molecular formula is C33H35FN4O4. The molecule has 1 saturated heterocycles. The van der Waals surface area contributed by atoms with Gasteiger partial charge in [0, 0.05) is 49.6 Å². The number of rotatable bonds is 8. The van der Waals surface area contributed by atoms with Gasteiger partial charge >= 0.3 is 6.09 Å². The zero-order valence-corrected chi connectivity index (χ0v) is 24.1. The number of anilines is 1. The van der Waals surface area contributed by atoms with Gasteiger partial charge in [0.05, 0.1) is 0 Å². The number of hydrogen-bond acceptors (Lipinski definition) is 7. The van der Waals surface area contributed by atoms with Gasteiger partial charge in [0.15, 0.2) is 11.6 Å². The van der Waals surface area contributed by atoms with Crippen molar-refractivity contribution in [2.24, 2.45) is 0 Å². The van der Waals surface area contributed by atoms with Gasteiger partial charge in [-0.1, -0.05) is 60.7 Å². The van der Waals surface area contributed by atoms with E-state index in [0.29, 0.717) is 62.3 Å². The Balaban J connectivity index is 1.32. The Labute approximate surface area is 245 Å². The molecule has 0 bridgehead atoms. The van der Waals surface area contributed by atoms with Gasteiger partial charge in [-0.2, -0.15) is 4.98 Å². The van der Waals surface area contributed by atoms with E-state index in [4.69, 9.17) is 14.2 Å². The van der Waals surface area contributed by atoms with Crippen LogP contribution in [0.4, 0.5) is 15.0 Å². The minimum absolute atomic E-state index is 0.241. The first kappa shape index (κ1) is 28.9. The van der Waals surface area contributed by atoms with Crippen molar-refractivity contribution < 1.29 is 23.4 Å². The van der Waals surface area contributed by atoms with Crippen molar-refractivity contribution in [1.29, 1.82) is 0 Å². The van der Waals surface area contributed by atoms with Crippen LogP contribution in [-0.2, 0) is 18.0 Å². The first-order valence-corrected chi connectivity index (χ1v) is 14.0. The molecule has 8 nitrogen and oxygen atoms in total. The third-order valence-corrected chi connectivity index (χ3v) is 6.65. The van der Waals surface area contributed by atoms with Crippen molar-refractivity contribution in [1.82, 2.24) is 14.9 Å². The molecule has 1 aliphatic rings. The monoisotopic (exact) mass is 570 g/mol. The van der Waals surface area contributed by atoms with Crippen LogP contribution in [0.15, 0.2) is 85.1 Å². The van der Waals surface area contributed by atoms with E-state index in [2.05, 4.69) is 9.97 Å². The number of pyridine rings is 2. The summed E-state index contributed by atoms with van der Waals surface area (Å²) in [5.74, 6) is 0.504. The first-order valence-electron chi connectivity index (χ1n) is 14.0. The molecule has 0 N–H and O–H groups in total. The topological polar surface area (TPSA) is 77.0 Å². The van der Waals surface area contributed by atoms with Gasteiger partial charge in [0.1, 0.15) is 18.8 Å². The predicted octanol–water partition coefficient (Wildman–Crippen LogP) is 6.50. The standard InChI is InChI=1S/C33H35FN4O4/c1-33(2,3)42-32(39)38-18-16-37(17-19-38)30-28(34)20-26(21-35-30)27-14-15-29(40-22-24-10-6-4-7-11-24)36-31(27)41-23-25-12-8-5-9-13-25/h4-15,20-21H,16-19,22-23H2,1-3H3. The maximum absolute atomic E-state index is 15.5. The molecule has 0 saturated carbocycles. The Kier molecular flexibility index (Phi) is 8.85. The van der Waals surface area contributed by atoms with Crippen LogP contribution in [0, 0.1) is 5.82 Å². The molecular weight excluding hydrogens is 535 g/mol. The normalized spacial score (nSPS) is 13.5. The average Bonchev–Trinajstić information content (AvgIpc) is 2.99. The summed E-state index contributed by atoms with van der Waals surface area (Å²) in [5, 5.41) is 0. The number of hydrogen-bond donors (Lipinski definition) is 0. The molecule has 42 heavy (non-hydrogen) atoms. The van der Waals surface area contributed by atoms with Gasteiger partial charge in [-0.3, -0.25) is 0 Å². The summed E-state index contributed by atoms with van der Waals surface area (Å²) in [7, 11) is 0. The molecule has 0 radical (unpaired) electrons. The van der Waals surface area contributed by atoms with Crippen LogP contribution < -0.4 is 14.4 Å². The average molecular weight is 571 g/mol. The second-order valence-corrected chi connectivity index (χ2v) is 11.0. The first-order chi connectivity index (χ1) is 20.2. The molecule has 2 aromatic carbocycles. The van der Waals surface area contributed by atoms with E-state index >= 15 is 4.39 Å². The Morgan fingerprint density at radius 2 is 1.48 bits per heavy atom. The van der Waals surface area contributed by atoms with Gasteiger partial charge in [0.25, 0.3) is 0 Å². The van der Waals surface area contributed by atoms with Gasteiger partial charge in [-0.15, -0.1) is 0 Å². The van der Waals surface area contributed by atoms with Crippen LogP contribution in [-0.4, -0.2) is 52.7 Å². The summed E-state index contributed by atoms with van der Waals surface area (Å²) in [6.45, 7) is 7.89. The number of aromatic nitrogens is 2. The number of carbonyl (C=O) groups is 1. The molecule has 0 unspecified atom stereocenters. The molecule has 1 amide bonds. The smallest absolute Gasteiger partial charge is 0.410 e. The van der Waals surface area contributed by atoms with Crippen LogP contribution in [0.5, 0.6) is 11.8 Å². The molecule has 0 atom stereocenters. The fourth-order valence-corrected chi connectivity index (χ4v) is 4.53. The molecule has 4 aromatic rings. The summed E-state index contributed by atoms with van der Waals surface area (Å²) < 4.78 is 33.0. The lowest BCUT2D eigenvalue weighted by molar-refractivity contribution is 0.0240. The number of amides is 1. The molecule has 5 rings (SSSR count). The molecule has 0 aliphatic carbocycles. The van der Waals surface area contributed by atoms with Gasteiger partial charge in [-0.25, -0.2) is 14.2 Å². The number of ether oxygens (including phenoxy) is 3. The minimum Gasteiger partial charge on any atom is -0.473 e. The van der Waals surface area contributed by atoms with Crippen LogP contribution in [0.3, 0.4) is 0 Å². The van der Waals surface area contributed by atoms with E-state index in [9.17, 15) is 4.79 Å². The lowest BCUT2D eigenvalue weighted by atomic mass is 10.1. The molecule has 2 aromatic heterocycles. The fourth-order valence-electron chi connectivity index (χ4n) is 4.53. The summed E-state index contributed by atoms with van der Waals surface area (Å²) >= 11 is 0.